The van der Waals surface area contributed by atoms with E-state index in [1.165, 1.54) is 16.3 Å². The summed E-state index contributed by atoms with van der Waals surface area (Å²) in [5.41, 5.74) is 1.24. The maximum absolute atomic E-state index is 5.50. The number of fused-ring (bicyclic) bond motifs is 1. The average Bonchev–Trinajstić information content (AvgIpc) is 2.50. The summed E-state index contributed by atoms with van der Waals surface area (Å²) in [5, 5.41) is 9.37. The van der Waals surface area contributed by atoms with Gasteiger partial charge in [-0.15, -0.1) is 0 Å². The number of nitrogens with one attached hydrogen (secondary N) is 2. The molecule has 0 bridgehead atoms. The quantitative estimate of drug-likeness (QED) is 0.725. The number of ether oxygens (including phenoxy) is 1. The Kier molecular flexibility index (Phi) is 5.84. The molecule has 0 aliphatic carbocycles. The molecule has 0 heterocycles. The monoisotopic (exact) mass is 272 g/mol. The summed E-state index contributed by atoms with van der Waals surface area (Å²) >= 11 is 0. The zero-order valence-corrected chi connectivity index (χ0v) is 12.4. The smallest absolute Gasteiger partial charge is 0.123 e. The summed E-state index contributed by atoms with van der Waals surface area (Å²) in [7, 11) is 1.73. The van der Waals surface area contributed by atoms with Gasteiger partial charge in [-0.05, 0) is 42.9 Å². The molecule has 3 heteroatoms. The van der Waals surface area contributed by atoms with E-state index in [2.05, 4.69) is 54.0 Å². The van der Waals surface area contributed by atoms with E-state index in [-0.39, 0.29) is 0 Å². The second kappa shape index (κ2) is 7.88. The van der Waals surface area contributed by atoms with Crippen molar-refractivity contribution in [2.45, 2.75) is 19.9 Å². The third-order valence-electron chi connectivity index (χ3n) is 3.48. The Morgan fingerprint density at radius 1 is 1.00 bits per heavy atom. The van der Waals surface area contributed by atoms with Gasteiger partial charge in [0.2, 0.25) is 0 Å². The van der Waals surface area contributed by atoms with Gasteiger partial charge in [0.25, 0.3) is 0 Å². The Hall–Kier alpha value is -1.58. The van der Waals surface area contributed by atoms with Gasteiger partial charge in [-0.25, -0.2) is 0 Å². The van der Waals surface area contributed by atoms with Crippen LogP contribution in [-0.2, 0) is 6.54 Å². The molecule has 2 aromatic carbocycles. The van der Waals surface area contributed by atoms with Crippen LogP contribution in [0.1, 0.15) is 18.9 Å². The van der Waals surface area contributed by atoms with Gasteiger partial charge in [0.1, 0.15) is 5.75 Å². The van der Waals surface area contributed by atoms with Crippen LogP contribution in [0.15, 0.2) is 36.4 Å². The summed E-state index contributed by atoms with van der Waals surface area (Å²) < 4.78 is 5.50. The van der Waals surface area contributed by atoms with Gasteiger partial charge in [-0.1, -0.05) is 37.3 Å². The lowest BCUT2D eigenvalue weighted by Crippen LogP contribution is -2.21. The van der Waals surface area contributed by atoms with Crippen molar-refractivity contribution in [3.63, 3.8) is 0 Å². The molecule has 0 fully saturated rings. The van der Waals surface area contributed by atoms with Crippen molar-refractivity contribution in [3.05, 3.63) is 42.0 Å². The third-order valence-corrected chi connectivity index (χ3v) is 3.48. The molecule has 0 amide bonds. The zero-order valence-electron chi connectivity index (χ0n) is 12.4. The van der Waals surface area contributed by atoms with Crippen LogP contribution in [0.25, 0.3) is 10.8 Å². The van der Waals surface area contributed by atoms with Gasteiger partial charge in [0, 0.05) is 12.1 Å². The number of hydrogen-bond donors (Lipinski definition) is 2. The first kappa shape index (κ1) is 14.8. The van der Waals surface area contributed by atoms with Crippen molar-refractivity contribution >= 4 is 10.8 Å². The normalized spacial score (nSPS) is 10.9. The van der Waals surface area contributed by atoms with E-state index in [4.69, 9.17) is 4.74 Å². The van der Waals surface area contributed by atoms with E-state index in [0.29, 0.717) is 0 Å². The largest absolute Gasteiger partial charge is 0.496 e. The van der Waals surface area contributed by atoms with Gasteiger partial charge in [-0.3, -0.25) is 0 Å². The maximum atomic E-state index is 5.50. The average molecular weight is 272 g/mol. The van der Waals surface area contributed by atoms with Crippen molar-refractivity contribution in [2.24, 2.45) is 0 Å². The van der Waals surface area contributed by atoms with Crippen LogP contribution < -0.4 is 15.4 Å². The van der Waals surface area contributed by atoms with Gasteiger partial charge in [-0.2, -0.15) is 0 Å². The second-order valence-electron chi connectivity index (χ2n) is 4.85. The van der Waals surface area contributed by atoms with Crippen LogP contribution in [0.4, 0.5) is 0 Å². The Bertz CT molecular complexity index is 540. The molecule has 0 atom stereocenters. The molecule has 0 saturated carbocycles. The first-order valence-electron chi connectivity index (χ1n) is 7.33. The van der Waals surface area contributed by atoms with Crippen LogP contribution >= 0.6 is 0 Å². The fraction of sp³-hybridized carbons (Fsp3) is 0.412. The summed E-state index contributed by atoms with van der Waals surface area (Å²) in [5.74, 6) is 0.961. The molecule has 0 radical (unpaired) electrons. The highest BCUT2D eigenvalue weighted by atomic mass is 16.5. The predicted octanol–water partition coefficient (Wildman–Crippen LogP) is 2.94. The van der Waals surface area contributed by atoms with Gasteiger partial charge in [0.15, 0.2) is 0 Å². The summed E-state index contributed by atoms with van der Waals surface area (Å²) in [6.45, 7) is 6.09. The molecule has 0 saturated heterocycles. The van der Waals surface area contributed by atoms with Crippen LogP contribution in [0.5, 0.6) is 5.75 Å². The van der Waals surface area contributed by atoms with E-state index >= 15 is 0 Å². The molecule has 2 rings (SSSR count). The Labute approximate surface area is 121 Å². The van der Waals surface area contributed by atoms with Crippen LogP contribution in [-0.4, -0.2) is 26.7 Å². The van der Waals surface area contributed by atoms with Crippen molar-refractivity contribution in [3.8, 4) is 5.75 Å². The summed E-state index contributed by atoms with van der Waals surface area (Å²) in [6.07, 6.45) is 1.14. The molecular formula is C17H24N2O. The molecule has 2 N–H and O–H groups in total. The SMILES string of the molecule is CCNCCCNCc1c(OC)ccc2ccccc12. The van der Waals surface area contributed by atoms with E-state index in [1.807, 2.05) is 0 Å². The number of hydrogen-bond acceptors (Lipinski definition) is 3. The van der Waals surface area contributed by atoms with Crippen molar-refractivity contribution < 1.29 is 4.74 Å². The van der Waals surface area contributed by atoms with E-state index < -0.39 is 0 Å². The zero-order chi connectivity index (χ0) is 14.2. The van der Waals surface area contributed by atoms with Crippen LogP contribution in [0.3, 0.4) is 0 Å². The number of methoxy groups -OCH3 is 1. The highest BCUT2D eigenvalue weighted by Crippen LogP contribution is 2.27. The van der Waals surface area contributed by atoms with E-state index in [0.717, 1.165) is 38.3 Å². The maximum Gasteiger partial charge on any atom is 0.123 e. The first-order chi connectivity index (χ1) is 9.86. The molecular weight excluding hydrogens is 248 g/mol. The van der Waals surface area contributed by atoms with Crippen molar-refractivity contribution in [1.82, 2.24) is 10.6 Å². The molecule has 2 aromatic rings. The lowest BCUT2D eigenvalue weighted by atomic mass is 10.0. The number of rotatable bonds is 8. The Morgan fingerprint density at radius 2 is 1.80 bits per heavy atom. The predicted molar refractivity (Wildman–Crippen MR) is 85.4 cm³/mol. The van der Waals surface area contributed by atoms with E-state index in [1.54, 1.807) is 7.11 Å². The van der Waals surface area contributed by atoms with Crippen molar-refractivity contribution in [2.75, 3.05) is 26.7 Å². The van der Waals surface area contributed by atoms with E-state index in [9.17, 15) is 0 Å². The fourth-order valence-electron chi connectivity index (χ4n) is 2.42. The lowest BCUT2D eigenvalue weighted by molar-refractivity contribution is 0.408. The third kappa shape index (κ3) is 3.71. The van der Waals surface area contributed by atoms with Gasteiger partial charge < -0.3 is 15.4 Å². The van der Waals surface area contributed by atoms with Crippen molar-refractivity contribution in [1.29, 1.82) is 0 Å². The van der Waals surface area contributed by atoms with Crippen LogP contribution in [0, 0.1) is 0 Å². The minimum Gasteiger partial charge on any atom is -0.496 e. The Balaban J connectivity index is 2.03. The van der Waals surface area contributed by atoms with Gasteiger partial charge >= 0.3 is 0 Å². The molecule has 0 aromatic heterocycles. The van der Waals surface area contributed by atoms with Gasteiger partial charge in [0.05, 0.1) is 7.11 Å². The topological polar surface area (TPSA) is 33.3 Å². The standard InChI is InChI=1S/C17H24N2O/c1-3-18-11-6-12-19-13-16-15-8-5-4-7-14(15)9-10-17(16)20-2/h4-5,7-10,18-19H,3,6,11-13H2,1-2H3. The lowest BCUT2D eigenvalue weighted by Gasteiger charge is -2.13. The fourth-order valence-corrected chi connectivity index (χ4v) is 2.42. The highest BCUT2D eigenvalue weighted by Gasteiger charge is 2.07. The molecule has 0 unspecified atom stereocenters. The second-order valence-corrected chi connectivity index (χ2v) is 4.85. The molecule has 3 nitrogen and oxygen atoms in total. The minimum absolute atomic E-state index is 0.844. The molecule has 108 valence electrons. The summed E-state index contributed by atoms with van der Waals surface area (Å²) in [4.78, 5) is 0. The Morgan fingerprint density at radius 3 is 2.60 bits per heavy atom. The highest BCUT2D eigenvalue weighted by molar-refractivity contribution is 5.87. The molecule has 0 aliphatic heterocycles. The minimum atomic E-state index is 0.844. The number of benzene rings is 2. The molecule has 0 aliphatic rings. The summed E-state index contributed by atoms with van der Waals surface area (Å²) in [6, 6.07) is 12.6. The first-order valence-corrected chi connectivity index (χ1v) is 7.33. The van der Waals surface area contributed by atoms with Crippen LogP contribution in [0.2, 0.25) is 0 Å². The molecule has 20 heavy (non-hydrogen) atoms. The molecule has 0 spiro atoms.